The lowest BCUT2D eigenvalue weighted by atomic mass is 10.1. The fourth-order valence-electron chi connectivity index (χ4n) is 3.08. The van der Waals surface area contributed by atoms with Crippen molar-refractivity contribution in [3.05, 3.63) is 59.7 Å². The molecule has 0 bridgehead atoms. The van der Waals surface area contributed by atoms with Gasteiger partial charge in [-0.25, -0.2) is 0 Å². The van der Waals surface area contributed by atoms with Crippen molar-refractivity contribution in [2.24, 2.45) is 0 Å². The number of hydrogen-bond acceptors (Lipinski definition) is 4. The third-order valence-electron chi connectivity index (χ3n) is 4.75. The van der Waals surface area contributed by atoms with Crippen LogP contribution in [0.3, 0.4) is 0 Å². The number of piperazine rings is 1. The van der Waals surface area contributed by atoms with E-state index in [0.717, 1.165) is 24.4 Å². The zero-order valence-electron chi connectivity index (χ0n) is 15.8. The van der Waals surface area contributed by atoms with Crippen LogP contribution >= 0.6 is 0 Å². The normalized spacial score (nSPS) is 14.7. The zero-order valence-corrected chi connectivity index (χ0v) is 15.8. The van der Waals surface area contributed by atoms with Gasteiger partial charge in [-0.2, -0.15) is 0 Å². The molecule has 0 spiro atoms. The molecule has 0 radical (unpaired) electrons. The van der Waals surface area contributed by atoms with E-state index in [0.29, 0.717) is 24.3 Å². The molecule has 0 aromatic heterocycles. The maximum absolute atomic E-state index is 12.9. The average molecular weight is 367 g/mol. The van der Waals surface area contributed by atoms with Gasteiger partial charge in [0.1, 0.15) is 5.75 Å². The van der Waals surface area contributed by atoms with E-state index in [9.17, 15) is 9.59 Å². The van der Waals surface area contributed by atoms with Crippen molar-refractivity contribution in [2.45, 2.75) is 6.42 Å². The van der Waals surface area contributed by atoms with Crippen molar-refractivity contribution in [3.8, 4) is 5.75 Å². The molecule has 0 aliphatic carbocycles. The number of ether oxygens (including phenoxy) is 1. The first-order valence-corrected chi connectivity index (χ1v) is 9.06. The van der Waals surface area contributed by atoms with Crippen molar-refractivity contribution in [3.63, 3.8) is 0 Å². The summed E-state index contributed by atoms with van der Waals surface area (Å²) < 4.78 is 5.13. The Morgan fingerprint density at radius 1 is 1.00 bits per heavy atom. The number of anilines is 1. The number of carbonyl (C=O) groups is 2. The molecule has 1 N–H and O–H groups in total. The fourth-order valence-corrected chi connectivity index (χ4v) is 3.08. The summed E-state index contributed by atoms with van der Waals surface area (Å²) in [6.07, 6.45) is 0.237. The minimum absolute atomic E-state index is 0.0385. The number of hydrogen-bond donors (Lipinski definition) is 1. The number of likely N-dealkylation sites (N-methyl/N-ethyl adjacent to an activating group) is 1. The summed E-state index contributed by atoms with van der Waals surface area (Å²) in [6.45, 7) is 3.11. The highest BCUT2D eigenvalue weighted by atomic mass is 16.5. The van der Waals surface area contributed by atoms with Gasteiger partial charge in [-0.15, -0.1) is 0 Å². The molecule has 3 rings (SSSR count). The van der Waals surface area contributed by atoms with E-state index in [1.165, 1.54) is 0 Å². The number of carbonyl (C=O) groups excluding carboxylic acids is 2. The molecule has 0 saturated carbocycles. The predicted octanol–water partition coefficient (Wildman–Crippen LogP) is 2.26. The second kappa shape index (κ2) is 8.68. The van der Waals surface area contributed by atoms with E-state index in [1.807, 2.05) is 41.3 Å². The van der Waals surface area contributed by atoms with Gasteiger partial charge in [0.05, 0.1) is 24.8 Å². The van der Waals surface area contributed by atoms with Crippen molar-refractivity contribution in [2.75, 3.05) is 45.7 Å². The number of methoxy groups -OCH3 is 1. The van der Waals surface area contributed by atoms with Gasteiger partial charge >= 0.3 is 0 Å². The van der Waals surface area contributed by atoms with Gasteiger partial charge in [0.2, 0.25) is 5.91 Å². The van der Waals surface area contributed by atoms with E-state index in [1.54, 1.807) is 19.2 Å². The standard InChI is InChI=1S/C21H25N3O3/c1-23-11-13-24(14-12-23)21(26)18-5-3-4-6-19(18)22-20(25)15-16-7-9-17(27-2)10-8-16/h3-10H,11-15H2,1-2H3,(H,22,25). The molecular formula is C21H25N3O3. The number of rotatable bonds is 5. The molecule has 2 aromatic rings. The van der Waals surface area contributed by atoms with E-state index in [4.69, 9.17) is 4.74 Å². The third-order valence-corrected chi connectivity index (χ3v) is 4.75. The van der Waals surface area contributed by atoms with Gasteiger partial charge in [-0.3, -0.25) is 9.59 Å². The molecule has 1 saturated heterocycles. The van der Waals surface area contributed by atoms with Crippen LogP contribution in [0.15, 0.2) is 48.5 Å². The summed E-state index contributed by atoms with van der Waals surface area (Å²) in [7, 11) is 3.66. The lowest BCUT2D eigenvalue weighted by Crippen LogP contribution is -2.47. The molecule has 6 heteroatoms. The highest BCUT2D eigenvalue weighted by molar-refractivity contribution is 6.04. The molecule has 1 fully saturated rings. The molecule has 1 aliphatic heterocycles. The highest BCUT2D eigenvalue weighted by Gasteiger charge is 2.22. The Kier molecular flexibility index (Phi) is 6.08. The maximum Gasteiger partial charge on any atom is 0.256 e. The van der Waals surface area contributed by atoms with Crippen LogP contribution in [0.2, 0.25) is 0 Å². The molecule has 27 heavy (non-hydrogen) atoms. The average Bonchev–Trinajstić information content (AvgIpc) is 2.69. The monoisotopic (exact) mass is 367 g/mol. The molecule has 1 heterocycles. The van der Waals surface area contributed by atoms with Crippen LogP contribution in [0.1, 0.15) is 15.9 Å². The van der Waals surface area contributed by atoms with E-state index < -0.39 is 0 Å². The molecule has 1 aliphatic rings. The van der Waals surface area contributed by atoms with Crippen molar-refractivity contribution < 1.29 is 14.3 Å². The molecule has 2 amide bonds. The molecule has 0 atom stereocenters. The van der Waals surface area contributed by atoms with Crippen molar-refractivity contribution >= 4 is 17.5 Å². The Labute approximate surface area is 159 Å². The van der Waals surface area contributed by atoms with Crippen LogP contribution in [-0.2, 0) is 11.2 Å². The van der Waals surface area contributed by atoms with E-state index >= 15 is 0 Å². The predicted molar refractivity (Wildman–Crippen MR) is 105 cm³/mol. The maximum atomic E-state index is 12.9. The first-order valence-electron chi connectivity index (χ1n) is 9.06. The minimum atomic E-state index is -0.154. The Morgan fingerprint density at radius 2 is 1.67 bits per heavy atom. The Balaban J connectivity index is 1.67. The van der Waals surface area contributed by atoms with Gasteiger partial charge in [0.25, 0.3) is 5.91 Å². The first kappa shape index (κ1) is 18.9. The number of amides is 2. The molecule has 0 unspecified atom stereocenters. The van der Waals surface area contributed by atoms with Crippen molar-refractivity contribution in [1.82, 2.24) is 9.80 Å². The van der Waals surface area contributed by atoms with Gasteiger partial charge in [-0.1, -0.05) is 24.3 Å². The van der Waals surface area contributed by atoms with Crippen LogP contribution < -0.4 is 10.1 Å². The summed E-state index contributed by atoms with van der Waals surface area (Å²) in [5, 5.41) is 2.89. The summed E-state index contributed by atoms with van der Waals surface area (Å²) >= 11 is 0. The summed E-state index contributed by atoms with van der Waals surface area (Å²) in [5.41, 5.74) is 1.97. The van der Waals surface area contributed by atoms with Crippen LogP contribution in [0.4, 0.5) is 5.69 Å². The van der Waals surface area contributed by atoms with E-state index in [-0.39, 0.29) is 18.2 Å². The number of benzene rings is 2. The summed E-state index contributed by atoms with van der Waals surface area (Å²) in [4.78, 5) is 29.4. The van der Waals surface area contributed by atoms with Crippen molar-refractivity contribution in [1.29, 1.82) is 0 Å². The number of para-hydroxylation sites is 1. The third kappa shape index (κ3) is 4.86. The summed E-state index contributed by atoms with van der Waals surface area (Å²) in [5.74, 6) is 0.560. The summed E-state index contributed by atoms with van der Waals surface area (Å²) in [6, 6.07) is 14.6. The second-order valence-corrected chi connectivity index (χ2v) is 6.71. The molecule has 2 aromatic carbocycles. The Hall–Kier alpha value is -2.86. The van der Waals surface area contributed by atoms with Crippen LogP contribution in [0, 0.1) is 0 Å². The second-order valence-electron chi connectivity index (χ2n) is 6.71. The Bertz CT molecular complexity index is 797. The van der Waals surface area contributed by atoms with Gasteiger partial charge in [0.15, 0.2) is 0 Å². The lowest BCUT2D eigenvalue weighted by Gasteiger charge is -2.32. The first-order chi connectivity index (χ1) is 13.1. The van der Waals surface area contributed by atoms with Crippen LogP contribution in [-0.4, -0.2) is 62.0 Å². The fraction of sp³-hybridized carbons (Fsp3) is 0.333. The van der Waals surface area contributed by atoms with Gasteiger partial charge < -0.3 is 19.9 Å². The smallest absolute Gasteiger partial charge is 0.256 e. The van der Waals surface area contributed by atoms with Crippen LogP contribution in [0.5, 0.6) is 5.75 Å². The highest BCUT2D eigenvalue weighted by Crippen LogP contribution is 2.19. The Morgan fingerprint density at radius 3 is 2.33 bits per heavy atom. The number of nitrogens with one attached hydrogen (secondary N) is 1. The lowest BCUT2D eigenvalue weighted by molar-refractivity contribution is -0.115. The van der Waals surface area contributed by atoms with Gasteiger partial charge in [0, 0.05) is 26.2 Å². The quantitative estimate of drug-likeness (QED) is 0.881. The minimum Gasteiger partial charge on any atom is -0.497 e. The molecular weight excluding hydrogens is 342 g/mol. The molecule has 6 nitrogen and oxygen atoms in total. The van der Waals surface area contributed by atoms with Crippen LogP contribution in [0.25, 0.3) is 0 Å². The number of nitrogens with zero attached hydrogens (tertiary/aromatic N) is 2. The molecule has 142 valence electrons. The zero-order chi connectivity index (χ0) is 19.2. The SMILES string of the molecule is COc1ccc(CC(=O)Nc2ccccc2C(=O)N2CCN(C)CC2)cc1. The topological polar surface area (TPSA) is 61.9 Å². The van der Waals surface area contributed by atoms with E-state index in [2.05, 4.69) is 17.3 Å². The largest absolute Gasteiger partial charge is 0.497 e. The van der Waals surface area contributed by atoms with Gasteiger partial charge in [-0.05, 0) is 36.9 Å².